The lowest BCUT2D eigenvalue weighted by molar-refractivity contribution is 0.0691. The molecule has 0 spiro atoms. The Labute approximate surface area is 255 Å². The summed E-state index contributed by atoms with van der Waals surface area (Å²) in [7, 11) is -2.34. The van der Waals surface area contributed by atoms with Gasteiger partial charge in [-0.2, -0.15) is 5.10 Å². The van der Waals surface area contributed by atoms with E-state index in [-0.39, 0.29) is 28.0 Å². The molecule has 8 nitrogen and oxygen atoms in total. The van der Waals surface area contributed by atoms with Gasteiger partial charge in [-0.3, -0.25) is 0 Å². The third-order valence-electron chi connectivity index (χ3n) is 6.87. The third kappa shape index (κ3) is 6.64. The summed E-state index contributed by atoms with van der Waals surface area (Å²) in [6.45, 7) is 0. The van der Waals surface area contributed by atoms with Crippen molar-refractivity contribution < 1.29 is 28.4 Å². The van der Waals surface area contributed by atoms with E-state index >= 15 is 0 Å². The topological polar surface area (TPSA) is 141 Å². The average Bonchev–Trinajstić information content (AvgIpc) is 3.30. The minimum atomic E-state index is -2.34. The number of aromatic carboxylic acids is 1. The highest BCUT2D eigenvalue weighted by molar-refractivity contribution is 7.82. The van der Waals surface area contributed by atoms with Crippen molar-refractivity contribution in [1.82, 2.24) is 14.8 Å². The highest BCUT2D eigenvalue weighted by Crippen LogP contribution is 2.38. The molecule has 3 aromatic heterocycles. The van der Waals surface area contributed by atoms with Crippen molar-refractivity contribution in [3.8, 4) is 28.2 Å². The van der Waals surface area contributed by atoms with Crippen molar-refractivity contribution in [1.29, 1.82) is 0 Å². The van der Waals surface area contributed by atoms with Gasteiger partial charge in [0.2, 0.25) is 10.0 Å². The molecule has 0 radical (unpaired) electrons. The van der Waals surface area contributed by atoms with Crippen LogP contribution < -0.4 is 5.14 Å². The number of carbonyl (C=O) groups is 1. The zero-order chi connectivity index (χ0) is 29.4. The van der Waals surface area contributed by atoms with Crippen molar-refractivity contribution >= 4 is 39.6 Å². The van der Waals surface area contributed by atoms with Gasteiger partial charge in [0, 0.05) is 22.9 Å². The summed E-state index contributed by atoms with van der Waals surface area (Å²) in [4.78, 5) is 16.6. The number of thiophene rings is 1. The third-order valence-corrected chi connectivity index (χ3v) is 9.31. The fourth-order valence-corrected chi connectivity index (χ4v) is 6.46. The summed E-state index contributed by atoms with van der Waals surface area (Å²) >= 11 is 2.62. The lowest BCUT2D eigenvalue weighted by Gasteiger charge is -2.09. The maximum Gasteiger partial charge on any atom is 0.355 e. The summed E-state index contributed by atoms with van der Waals surface area (Å²) < 4.78 is 43.0. The van der Waals surface area contributed by atoms with Crippen molar-refractivity contribution in [2.45, 2.75) is 30.6 Å². The lowest BCUT2D eigenvalue weighted by Crippen LogP contribution is -2.07. The first-order valence-electron chi connectivity index (χ1n) is 12.9. The first-order chi connectivity index (χ1) is 20.3. The van der Waals surface area contributed by atoms with E-state index in [1.54, 1.807) is 22.9 Å². The Hall–Kier alpha value is -4.06. The summed E-state index contributed by atoms with van der Waals surface area (Å²) in [5.74, 6) is 4.05. The molecule has 2 aromatic carbocycles. The van der Waals surface area contributed by atoms with Gasteiger partial charge >= 0.3 is 5.97 Å². The van der Waals surface area contributed by atoms with Crippen LogP contribution in [0.4, 0.5) is 8.78 Å². The monoisotopic (exact) mass is 638 g/mol. The number of nitrogens with zero attached hydrogens (tertiary/aromatic N) is 3. The lowest BCUT2D eigenvalue weighted by atomic mass is 9.96. The van der Waals surface area contributed by atoms with E-state index in [2.05, 4.69) is 16.8 Å². The smallest absolute Gasteiger partial charge is 0.355 e. The molecule has 1 fully saturated rings. The number of carboxylic acid groups (broad SMARTS) is 1. The normalized spacial score (nSPS) is 13.2. The molecule has 0 amide bonds. The van der Waals surface area contributed by atoms with Crippen molar-refractivity contribution in [2.75, 3.05) is 0 Å². The van der Waals surface area contributed by atoms with E-state index in [1.165, 1.54) is 34.9 Å². The SMILES string of the molecule is N[SH+](=O)c1ccc(Cc2c(-c3ccc(F)c(C#Cc4cccs4)c3)nn(-c3nc(C(=O)O)cs3)c2CC2CC2)cc1F.[OH-]. The van der Waals surface area contributed by atoms with Crippen LogP contribution >= 0.6 is 22.7 Å². The molecule has 0 bridgehead atoms. The van der Waals surface area contributed by atoms with Gasteiger partial charge < -0.3 is 10.6 Å². The van der Waals surface area contributed by atoms with E-state index in [0.29, 0.717) is 34.3 Å². The number of rotatable bonds is 8. The summed E-state index contributed by atoms with van der Waals surface area (Å²) in [6.07, 6.45) is 3.01. The molecule has 1 atom stereocenters. The Morgan fingerprint density at radius 2 is 1.93 bits per heavy atom. The first-order valence-corrected chi connectivity index (χ1v) is 16.0. The van der Waals surface area contributed by atoms with Crippen LogP contribution in [0, 0.1) is 29.4 Å². The summed E-state index contributed by atoms with van der Waals surface area (Å²) in [5.41, 5.74) is 3.46. The Bertz CT molecular complexity index is 1900. The molecule has 1 unspecified atom stereocenters. The Morgan fingerprint density at radius 1 is 1.12 bits per heavy atom. The van der Waals surface area contributed by atoms with Crippen LogP contribution in [0.2, 0.25) is 0 Å². The molecule has 220 valence electrons. The minimum Gasteiger partial charge on any atom is -0.870 e. The van der Waals surface area contributed by atoms with Crippen LogP contribution in [0.15, 0.2) is 64.2 Å². The second-order valence-corrected chi connectivity index (χ2v) is 12.8. The predicted octanol–water partition coefficient (Wildman–Crippen LogP) is 5.73. The maximum absolute atomic E-state index is 14.9. The Balaban J connectivity index is 0.00000368. The van der Waals surface area contributed by atoms with E-state index in [0.717, 1.165) is 40.3 Å². The Morgan fingerprint density at radius 3 is 2.58 bits per heavy atom. The molecule has 0 saturated heterocycles. The highest BCUT2D eigenvalue weighted by atomic mass is 32.2. The van der Waals surface area contributed by atoms with Gasteiger partial charge in [0.1, 0.15) is 5.82 Å². The molecular formula is C30H24F2N4O4S3. The summed E-state index contributed by atoms with van der Waals surface area (Å²) in [5, 5.41) is 23.5. The van der Waals surface area contributed by atoms with Gasteiger partial charge in [0.05, 0.1) is 21.8 Å². The van der Waals surface area contributed by atoms with Crippen LogP contribution in [0.25, 0.3) is 16.4 Å². The average molecular weight is 639 g/mol. The van der Waals surface area contributed by atoms with Crippen LogP contribution in [-0.2, 0) is 28.0 Å². The van der Waals surface area contributed by atoms with E-state index in [4.69, 9.17) is 10.2 Å². The molecule has 3 heterocycles. The molecule has 1 aliphatic carbocycles. The molecule has 13 heteroatoms. The molecular weight excluding hydrogens is 615 g/mol. The van der Waals surface area contributed by atoms with E-state index < -0.39 is 28.6 Å². The van der Waals surface area contributed by atoms with E-state index in [9.17, 15) is 22.9 Å². The number of nitrogens with two attached hydrogens (primary N) is 1. The van der Waals surface area contributed by atoms with Gasteiger partial charge in [0.15, 0.2) is 22.5 Å². The fraction of sp³-hybridized carbons (Fsp3) is 0.167. The largest absolute Gasteiger partial charge is 0.870 e. The number of halogens is 2. The number of aromatic nitrogens is 3. The van der Waals surface area contributed by atoms with Gasteiger partial charge in [-0.1, -0.05) is 28.2 Å². The molecule has 1 saturated carbocycles. The highest BCUT2D eigenvalue weighted by Gasteiger charge is 2.29. The number of thiazole rings is 1. The van der Waals surface area contributed by atoms with Gasteiger partial charge in [-0.25, -0.2) is 23.2 Å². The maximum atomic E-state index is 14.9. The van der Waals surface area contributed by atoms with E-state index in [1.807, 2.05) is 17.5 Å². The number of carboxylic acids is 1. The van der Waals surface area contributed by atoms with Crippen molar-refractivity contribution in [3.63, 3.8) is 0 Å². The number of benzene rings is 2. The zero-order valence-corrected chi connectivity index (χ0v) is 24.9. The number of thiol groups is 1. The minimum absolute atomic E-state index is 0. The van der Waals surface area contributed by atoms with Crippen LogP contribution in [0.5, 0.6) is 0 Å². The number of hydrogen-bond acceptors (Lipinski definition) is 7. The standard InChI is InChI=1S/C30H22F2N4O3S3.H2O/c31-23-9-7-20(15-19(23)6-8-21-2-1-11-40-21)28-22(12-18-5-10-27(42(33)39)24(32)13-18)26(14-17-3-4-17)36(35-28)30-34-25(16-41-30)29(37)38;/h1-2,5,7,9-11,13,15-17H,3-4,12,14H2,(H2,33,39)(H,37,38);1H2. The molecule has 0 aliphatic heterocycles. The van der Waals surface area contributed by atoms with Crippen LogP contribution in [0.1, 0.15) is 50.6 Å². The van der Waals surface area contributed by atoms with Gasteiger partial charge in [-0.15, -0.1) is 27.8 Å². The predicted molar refractivity (Wildman–Crippen MR) is 161 cm³/mol. The van der Waals surface area contributed by atoms with Crippen LogP contribution in [0.3, 0.4) is 0 Å². The van der Waals surface area contributed by atoms with Crippen molar-refractivity contribution in [3.05, 3.63) is 104 Å². The molecule has 1 aliphatic rings. The molecule has 6 rings (SSSR count). The molecule has 43 heavy (non-hydrogen) atoms. The number of hydrogen-bond donors (Lipinski definition) is 2. The first kappa shape index (κ1) is 30.4. The molecule has 5 aromatic rings. The van der Waals surface area contributed by atoms with Gasteiger partial charge in [0.25, 0.3) is 0 Å². The van der Waals surface area contributed by atoms with Gasteiger partial charge in [-0.05, 0) is 72.5 Å². The van der Waals surface area contributed by atoms with Crippen LogP contribution in [-0.4, -0.2) is 31.3 Å². The zero-order valence-electron chi connectivity index (χ0n) is 22.3. The second-order valence-electron chi connectivity index (χ2n) is 9.86. The fourth-order valence-electron chi connectivity index (χ4n) is 4.62. The Kier molecular flexibility index (Phi) is 8.95. The molecule has 4 N–H and O–H groups in total. The summed E-state index contributed by atoms with van der Waals surface area (Å²) in [6, 6.07) is 12.7. The quantitative estimate of drug-likeness (QED) is 0.126. The van der Waals surface area contributed by atoms with Crippen molar-refractivity contribution in [2.24, 2.45) is 11.1 Å². The second kappa shape index (κ2) is 12.7.